The Kier molecular flexibility index (Phi) is 39.0. The van der Waals surface area contributed by atoms with Crippen molar-refractivity contribution in [2.75, 3.05) is 47.5 Å². The molecule has 0 aromatic carbocycles. The van der Waals surface area contributed by atoms with E-state index in [1.54, 1.807) is 0 Å². The second-order valence-corrected chi connectivity index (χ2v) is 18.2. The molecule has 0 aliphatic carbocycles. The van der Waals surface area contributed by atoms with Gasteiger partial charge in [-0.15, -0.1) is 0 Å². The SMILES string of the molecule is CC/C=C\C/C=C\C/C=C\C/C=C\CCCCCCCCC(=O)OC(COC(=O)CCCCCCCCCCCCCCCCC)COP(=O)([O-])OCC[N+](C)(C)C. The van der Waals surface area contributed by atoms with E-state index in [0.29, 0.717) is 17.4 Å². The van der Waals surface area contributed by atoms with Gasteiger partial charge in [0.2, 0.25) is 0 Å². The lowest BCUT2D eigenvalue weighted by molar-refractivity contribution is -0.870. The Morgan fingerprint density at radius 1 is 0.552 bits per heavy atom. The van der Waals surface area contributed by atoms with Gasteiger partial charge in [-0.3, -0.25) is 14.2 Å². The van der Waals surface area contributed by atoms with Gasteiger partial charge in [0.15, 0.2) is 6.10 Å². The largest absolute Gasteiger partial charge is 0.756 e. The van der Waals surface area contributed by atoms with Crippen molar-refractivity contribution in [3.63, 3.8) is 0 Å². The molecule has 58 heavy (non-hydrogen) atoms. The molecule has 0 fully saturated rings. The fourth-order valence-electron chi connectivity index (χ4n) is 6.23. The average molecular weight is 838 g/mol. The van der Waals surface area contributed by atoms with Gasteiger partial charge in [-0.25, -0.2) is 0 Å². The van der Waals surface area contributed by atoms with Crippen LogP contribution in [0.3, 0.4) is 0 Å². The molecule has 0 spiro atoms. The van der Waals surface area contributed by atoms with Crippen molar-refractivity contribution >= 4 is 19.8 Å². The number of hydrogen-bond donors (Lipinski definition) is 0. The fraction of sp³-hybridized carbons (Fsp3) is 0.792. The van der Waals surface area contributed by atoms with Crippen molar-refractivity contribution in [3.8, 4) is 0 Å². The van der Waals surface area contributed by atoms with E-state index in [4.69, 9.17) is 18.5 Å². The van der Waals surface area contributed by atoms with Crippen molar-refractivity contribution < 1.29 is 42.1 Å². The molecule has 2 atom stereocenters. The van der Waals surface area contributed by atoms with E-state index < -0.39 is 26.5 Å². The predicted molar refractivity (Wildman–Crippen MR) is 240 cm³/mol. The molecule has 0 saturated heterocycles. The van der Waals surface area contributed by atoms with E-state index in [1.165, 1.54) is 77.0 Å². The van der Waals surface area contributed by atoms with Crippen molar-refractivity contribution in [1.82, 2.24) is 0 Å². The average Bonchev–Trinajstić information content (AvgIpc) is 3.17. The monoisotopic (exact) mass is 838 g/mol. The van der Waals surface area contributed by atoms with Crippen molar-refractivity contribution in [3.05, 3.63) is 48.6 Å². The van der Waals surface area contributed by atoms with Crippen LogP contribution in [0.4, 0.5) is 0 Å². The molecule has 338 valence electrons. The lowest BCUT2D eigenvalue weighted by Gasteiger charge is -2.28. The Bertz CT molecular complexity index is 1130. The summed E-state index contributed by atoms with van der Waals surface area (Å²) in [6.45, 7) is 4.11. The van der Waals surface area contributed by atoms with Crippen LogP contribution in [0.25, 0.3) is 0 Å². The first-order valence-electron chi connectivity index (χ1n) is 23.3. The summed E-state index contributed by atoms with van der Waals surface area (Å²) in [6, 6.07) is 0. The van der Waals surface area contributed by atoms with E-state index >= 15 is 0 Å². The summed E-state index contributed by atoms with van der Waals surface area (Å²) in [5.74, 6) is -0.847. The van der Waals surface area contributed by atoms with Crippen LogP contribution in [0.1, 0.15) is 194 Å². The van der Waals surface area contributed by atoms with Gasteiger partial charge in [0.05, 0.1) is 27.7 Å². The van der Waals surface area contributed by atoms with Crippen LogP contribution < -0.4 is 4.89 Å². The standard InChI is InChI=1S/C48H88NO8P/c1-6-8-10-12-14-16-18-20-22-23-24-25-27-29-31-33-35-37-39-41-48(51)57-46(45-56-58(52,53)55-43-42-49(3,4)5)44-54-47(50)40-38-36-34-32-30-28-26-21-19-17-15-13-11-9-7-2/h8,10,14,16,20,22,24-25,46H,6-7,9,11-13,15,17-19,21,23,26-45H2,1-5H3/b10-8-,16-14-,22-20-,25-24-. The van der Waals surface area contributed by atoms with Gasteiger partial charge in [-0.1, -0.05) is 178 Å². The molecule has 0 aromatic heterocycles. The minimum Gasteiger partial charge on any atom is -0.756 e. The topological polar surface area (TPSA) is 111 Å². The third kappa shape index (κ3) is 43.5. The molecule has 0 aromatic rings. The number of rotatable bonds is 42. The van der Waals surface area contributed by atoms with E-state index in [9.17, 15) is 19.0 Å². The number of likely N-dealkylation sites (N-methyl/N-ethyl adjacent to an activating group) is 1. The lowest BCUT2D eigenvalue weighted by Crippen LogP contribution is -2.37. The van der Waals surface area contributed by atoms with Gasteiger partial charge in [-0.05, 0) is 51.4 Å². The Morgan fingerprint density at radius 3 is 1.47 bits per heavy atom. The highest BCUT2D eigenvalue weighted by atomic mass is 31.2. The van der Waals surface area contributed by atoms with Crippen LogP contribution in [0.15, 0.2) is 48.6 Å². The number of phosphoric acid groups is 1. The zero-order valence-electron chi connectivity index (χ0n) is 38.0. The van der Waals surface area contributed by atoms with Crippen LogP contribution in [0.5, 0.6) is 0 Å². The third-order valence-corrected chi connectivity index (χ3v) is 10.8. The number of nitrogens with zero attached hydrogens (tertiary/aromatic N) is 1. The number of allylic oxidation sites excluding steroid dienone is 8. The molecule has 0 heterocycles. The maximum atomic E-state index is 12.7. The zero-order valence-corrected chi connectivity index (χ0v) is 38.9. The molecule has 0 saturated carbocycles. The normalized spacial score (nSPS) is 14.0. The second kappa shape index (κ2) is 40.4. The number of carbonyl (C=O) groups excluding carboxylic acids is 2. The van der Waals surface area contributed by atoms with Crippen molar-refractivity contribution in [2.24, 2.45) is 0 Å². The molecule has 0 aliphatic rings. The Balaban J connectivity index is 4.34. The Morgan fingerprint density at radius 2 is 0.983 bits per heavy atom. The van der Waals surface area contributed by atoms with Gasteiger partial charge in [0, 0.05) is 12.8 Å². The number of carbonyl (C=O) groups is 2. The first-order valence-corrected chi connectivity index (χ1v) is 24.8. The smallest absolute Gasteiger partial charge is 0.306 e. The Hall–Kier alpha value is -2.03. The number of unbranched alkanes of at least 4 members (excludes halogenated alkanes) is 20. The molecule has 0 aliphatic heterocycles. The zero-order chi connectivity index (χ0) is 42.8. The van der Waals surface area contributed by atoms with E-state index in [2.05, 4.69) is 62.5 Å². The molecule has 0 bridgehead atoms. The molecular weight excluding hydrogens is 750 g/mol. The first-order chi connectivity index (χ1) is 28.0. The van der Waals surface area contributed by atoms with Crippen molar-refractivity contribution in [1.29, 1.82) is 0 Å². The summed E-state index contributed by atoms with van der Waals surface area (Å²) in [5, 5.41) is 0. The molecule has 0 radical (unpaired) electrons. The molecule has 0 N–H and O–H groups in total. The fourth-order valence-corrected chi connectivity index (χ4v) is 6.96. The van der Waals surface area contributed by atoms with E-state index in [0.717, 1.165) is 83.5 Å². The van der Waals surface area contributed by atoms with E-state index in [1.807, 2.05) is 21.1 Å². The highest BCUT2D eigenvalue weighted by Gasteiger charge is 2.21. The molecule has 0 rings (SSSR count). The minimum absolute atomic E-state index is 0.0343. The van der Waals surface area contributed by atoms with Crippen molar-refractivity contribution in [2.45, 2.75) is 200 Å². The summed E-state index contributed by atoms with van der Waals surface area (Å²) in [4.78, 5) is 37.6. The van der Waals surface area contributed by atoms with Crippen LogP contribution in [-0.2, 0) is 32.7 Å². The second-order valence-electron chi connectivity index (χ2n) is 16.7. The molecule has 10 heteroatoms. The van der Waals surface area contributed by atoms with Gasteiger partial charge < -0.3 is 27.9 Å². The number of ether oxygens (including phenoxy) is 2. The van der Waals surface area contributed by atoms with Crippen LogP contribution >= 0.6 is 7.82 Å². The van der Waals surface area contributed by atoms with Gasteiger partial charge in [0.1, 0.15) is 19.8 Å². The minimum atomic E-state index is -4.63. The molecular formula is C48H88NO8P. The number of phosphoric ester groups is 1. The Labute approximate surface area is 356 Å². The molecule has 0 amide bonds. The molecule has 9 nitrogen and oxygen atoms in total. The third-order valence-electron chi connectivity index (χ3n) is 9.86. The van der Waals surface area contributed by atoms with Crippen LogP contribution in [-0.4, -0.2) is 70.0 Å². The first kappa shape index (κ1) is 56.0. The summed E-state index contributed by atoms with van der Waals surface area (Å²) in [7, 11) is 1.15. The van der Waals surface area contributed by atoms with E-state index in [-0.39, 0.29) is 32.0 Å². The maximum Gasteiger partial charge on any atom is 0.306 e. The summed E-state index contributed by atoms with van der Waals surface area (Å²) in [6.07, 6.45) is 47.0. The van der Waals surface area contributed by atoms with Gasteiger partial charge >= 0.3 is 11.9 Å². The quantitative estimate of drug-likeness (QED) is 0.0196. The number of quaternary nitrogens is 1. The highest BCUT2D eigenvalue weighted by molar-refractivity contribution is 7.45. The molecule has 2 unspecified atom stereocenters. The van der Waals surface area contributed by atoms with Gasteiger partial charge in [0.25, 0.3) is 7.82 Å². The lowest BCUT2D eigenvalue weighted by atomic mass is 10.0. The summed E-state index contributed by atoms with van der Waals surface area (Å²) < 4.78 is 33.9. The van der Waals surface area contributed by atoms with Crippen LogP contribution in [0, 0.1) is 0 Å². The summed E-state index contributed by atoms with van der Waals surface area (Å²) in [5.41, 5.74) is 0. The van der Waals surface area contributed by atoms with Crippen LogP contribution in [0.2, 0.25) is 0 Å². The number of esters is 2. The predicted octanol–water partition coefficient (Wildman–Crippen LogP) is 12.8. The number of hydrogen-bond acceptors (Lipinski definition) is 8. The van der Waals surface area contributed by atoms with Gasteiger partial charge in [-0.2, -0.15) is 0 Å². The summed E-state index contributed by atoms with van der Waals surface area (Å²) >= 11 is 0. The highest BCUT2D eigenvalue weighted by Crippen LogP contribution is 2.38. The maximum absolute atomic E-state index is 12.7.